The molecule has 4 heteroatoms. The highest BCUT2D eigenvalue weighted by Crippen LogP contribution is 2.30. The van der Waals surface area contributed by atoms with E-state index in [1.807, 2.05) is 25.1 Å². The molecule has 1 N–H and O–H groups in total. The minimum absolute atomic E-state index is 0.724. The molecule has 0 heterocycles. The molecule has 0 saturated carbocycles. The van der Waals surface area contributed by atoms with E-state index in [9.17, 15) is 0 Å². The SMILES string of the molecule is COc1c(C)ccc(NCc2ccc(Cl)c(Br)c2)c1C. The molecule has 0 spiro atoms. The van der Waals surface area contributed by atoms with Crippen molar-refractivity contribution in [3.63, 3.8) is 0 Å². The predicted octanol–water partition coefficient (Wildman–Crippen LogP) is 5.34. The summed E-state index contributed by atoms with van der Waals surface area (Å²) < 4.78 is 6.35. The molecular weight excluding hydrogens is 338 g/mol. The van der Waals surface area contributed by atoms with Crippen molar-refractivity contribution < 1.29 is 4.74 Å². The van der Waals surface area contributed by atoms with E-state index in [1.165, 1.54) is 5.56 Å². The molecule has 0 saturated heterocycles. The number of aryl methyl sites for hydroxylation is 1. The van der Waals surface area contributed by atoms with Gasteiger partial charge in [0.15, 0.2) is 0 Å². The van der Waals surface area contributed by atoms with E-state index in [4.69, 9.17) is 16.3 Å². The van der Waals surface area contributed by atoms with Crippen molar-refractivity contribution in [2.24, 2.45) is 0 Å². The van der Waals surface area contributed by atoms with Gasteiger partial charge >= 0.3 is 0 Å². The van der Waals surface area contributed by atoms with Gasteiger partial charge in [0.2, 0.25) is 0 Å². The van der Waals surface area contributed by atoms with Crippen LogP contribution in [0.1, 0.15) is 16.7 Å². The molecule has 0 radical (unpaired) electrons. The Morgan fingerprint density at radius 3 is 2.60 bits per heavy atom. The summed E-state index contributed by atoms with van der Waals surface area (Å²) in [6, 6.07) is 10.1. The lowest BCUT2D eigenvalue weighted by Crippen LogP contribution is -2.03. The molecular formula is C16H17BrClNO. The molecule has 0 aliphatic rings. The molecule has 0 atom stereocenters. The minimum atomic E-state index is 0.724. The summed E-state index contributed by atoms with van der Waals surface area (Å²) in [6.07, 6.45) is 0. The molecule has 0 aromatic heterocycles. The van der Waals surface area contributed by atoms with Crippen LogP contribution in [0.15, 0.2) is 34.8 Å². The summed E-state index contributed by atoms with van der Waals surface area (Å²) in [4.78, 5) is 0. The molecule has 0 aliphatic carbocycles. The standard InChI is InChI=1S/C16H17BrClNO/c1-10-4-7-15(11(2)16(10)20-3)19-9-12-5-6-14(18)13(17)8-12/h4-8,19H,9H2,1-3H3. The Hall–Kier alpha value is -1.19. The molecule has 0 fully saturated rings. The highest BCUT2D eigenvalue weighted by atomic mass is 79.9. The van der Waals surface area contributed by atoms with Gasteiger partial charge in [-0.1, -0.05) is 23.7 Å². The Balaban J connectivity index is 2.16. The summed E-state index contributed by atoms with van der Waals surface area (Å²) >= 11 is 9.44. The van der Waals surface area contributed by atoms with Crippen molar-refractivity contribution in [2.45, 2.75) is 20.4 Å². The number of rotatable bonds is 4. The van der Waals surface area contributed by atoms with Gasteiger partial charge in [-0.3, -0.25) is 0 Å². The average Bonchev–Trinajstić information content (AvgIpc) is 2.42. The second kappa shape index (κ2) is 6.51. The van der Waals surface area contributed by atoms with E-state index in [2.05, 4.69) is 40.3 Å². The van der Waals surface area contributed by atoms with Crippen molar-refractivity contribution >= 4 is 33.2 Å². The lowest BCUT2D eigenvalue weighted by molar-refractivity contribution is 0.409. The van der Waals surface area contributed by atoms with E-state index >= 15 is 0 Å². The van der Waals surface area contributed by atoms with Crippen molar-refractivity contribution in [1.82, 2.24) is 0 Å². The summed E-state index contributed by atoms with van der Waals surface area (Å²) in [5.74, 6) is 0.937. The van der Waals surface area contributed by atoms with Gasteiger partial charge in [-0.05, 0) is 59.1 Å². The lowest BCUT2D eigenvalue weighted by atomic mass is 10.1. The number of hydrogen-bond acceptors (Lipinski definition) is 2. The quantitative estimate of drug-likeness (QED) is 0.800. The van der Waals surface area contributed by atoms with Gasteiger partial charge in [-0.25, -0.2) is 0 Å². The van der Waals surface area contributed by atoms with Crippen LogP contribution in [0.5, 0.6) is 5.75 Å². The fraction of sp³-hybridized carbons (Fsp3) is 0.250. The molecule has 0 aliphatic heterocycles. The Bertz CT molecular complexity index is 628. The van der Waals surface area contributed by atoms with Crippen LogP contribution in [0.4, 0.5) is 5.69 Å². The molecule has 2 rings (SSSR count). The molecule has 2 aromatic rings. The summed E-state index contributed by atoms with van der Waals surface area (Å²) in [5.41, 5.74) is 4.52. The zero-order chi connectivity index (χ0) is 14.7. The zero-order valence-corrected chi connectivity index (χ0v) is 14.1. The average molecular weight is 355 g/mol. The van der Waals surface area contributed by atoms with E-state index in [0.717, 1.165) is 38.6 Å². The zero-order valence-electron chi connectivity index (χ0n) is 11.8. The molecule has 0 bridgehead atoms. The number of methoxy groups -OCH3 is 1. The third kappa shape index (κ3) is 3.28. The van der Waals surface area contributed by atoms with Gasteiger partial charge in [0, 0.05) is 22.3 Å². The highest BCUT2D eigenvalue weighted by molar-refractivity contribution is 9.10. The number of benzene rings is 2. The van der Waals surface area contributed by atoms with Gasteiger partial charge in [0.1, 0.15) is 5.75 Å². The number of halogens is 2. The first-order chi connectivity index (χ1) is 9.52. The highest BCUT2D eigenvalue weighted by Gasteiger charge is 2.07. The molecule has 0 unspecified atom stereocenters. The first kappa shape index (κ1) is 15.2. The van der Waals surface area contributed by atoms with Crippen LogP contribution in [0.25, 0.3) is 0 Å². The fourth-order valence-corrected chi connectivity index (χ4v) is 2.72. The first-order valence-electron chi connectivity index (χ1n) is 6.35. The molecule has 106 valence electrons. The van der Waals surface area contributed by atoms with Crippen molar-refractivity contribution in [1.29, 1.82) is 0 Å². The second-order valence-corrected chi connectivity index (χ2v) is 5.95. The van der Waals surface area contributed by atoms with Crippen molar-refractivity contribution in [3.05, 3.63) is 56.5 Å². The van der Waals surface area contributed by atoms with Crippen LogP contribution in [-0.4, -0.2) is 7.11 Å². The molecule has 0 amide bonds. The third-order valence-corrected chi connectivity index (χ3v) is 4.49. The summed E-state index contributed by atoms with van der Waals surface area (Å²) in [7, 11) is 1.70. The minimum Gasteiger partial charge on any atom is -0.496 e. The third-order valence-electron chi connectivity index (χ3n) is 3.27. The maximum absolute atomic E-state index is 6.00. The molecule has 2 nitrogen and oxygen atoms in total. The molecule has 2 aromatic carbocycles. The first-order valence-corrected chi connectivity index (χ1v) is 7.52. The Kier molecular flexibility index (Phi) is 4.95. The predicted molar refractivity (Wildman–Crippen MR) is 88.9 cm³/mol. The number of nitrogens with one attached hydrogen (secondary N) is 1. The largest absolute Gasteiger partial charge is 0.496 e. The van der Waals surface area contributed by atoms with Crippen LogP contribution in [-0.2, 0) is 6.54 Å². The smallest absolute Gasteiger partial charge is 0.126 e. The monoisotopic (exact) mass is 353 g/mol. The van der Waals surface area contributed by atoms with Crippen molar-refractivity contribution in [2.75, 3.05) is 12.4 Å². The van der Waals surface area contributed by atoms with Gasteiger partial charge in [0.25, 0.3) is 0 Å². The van der Waals surface area contributed by atoms with E-state index < -0.39 is 0 Å². The maximum atomic E-state index is 6.00. The topological polar surface area (TPSA) is 21.3 Å². The lowest BCUT2D eigenvalue weighted by Gasteiger charge is -2.15. The Morgan fingerprint density at radius 2 is 1.95 bits per heavy atom. The van der Waals surface area contributed by atoms with Crippen LogP contribution in [0.2, 0.25) is 5.02 Å². The normalized spacial score (nSPS) is 10.4. The van der Waals surface area contributed by atoms with E-state index in [-0.39, 0.29) is 0 Å². The second-order valence-electron chi connectivity index (χ2n) is 4.69. The number of hydrogen-bond donors (Lipinski definition) is 1. The van der Waals surface area contributed by atoms with Gasteiger partial charge in [-0.15, -0.1) is 0 Å². The van der Waals surface area contributed by atoms with E-state index in [0.29, 0.717) is 0 Å². The van der Waals surface area contributed by atoms with Gasteiger partial charge < -0.3 is 10.1 Å². The Labute approximate surface area is 133 Å². The Morgan fingerprint density at radius 1 is 1.20 bits per heavy atom. The van der Waals surface area contributed by atoms with Crippen LogP contribution in [0.3, 0.4) is 0 Å². The van der Waals surface area contributed by atoms with Crippen molar-refractivity contribution in [3.8, 4) is 5.75 Å². The maximum Gasteiger partial charge on any atom is 0.126 e. The van der Waals surface area contributed by atoms with Gasteiger partial charge in [0.05, 0.1) is 12.1 Å². The summed E-state index contributed by atoms with van der Waals surface area (Å²) in [5, 5.41) is 4.16. The fourth-order valence-electron chi connectivity index (χ4n) is 2.18. The van der Waals surface area contributed by atoms with Crippen LogP contribution >= 0.6 is 27.5 Å². The van der Waals surface area contributed by atoms with Crippen LogP contribution in [0, 0.1) is 13.8 Å². The van der Waals surface area contributed by atoms with Crippen LogP contribution < -0.4 is 10.1 Å². The van der Waals surface area contributed by atoms with E-state index in [1.54, 1.807) is 7.11 Å². The number of anilines is 1. The number of ether oxygens (including phenoxy) is 1. The van der Waals surface area contributed by atoms with Gasteiger partial charge in [-0.2, -0.15) is 0 Å². The molecule has 20 heavy (non-hydrogen) atoms. The summed E-state index contributed by atoms with van der Waals surface area (Å²) in [6.45, 7) is 4.85.